The maximum Gasteiger partial charge on any atom is 0.223 e. The zero-order chi connectivity index (χ0) is 17.7. The molecular weight excluding hydrogens is 326 g/mol. The molecule has 0 radical (unpaired) electrons. The molecule has 0 saturated carbocycles. The van der Waals surface area contributed by atoms with Crippen molar-refractivity contribution in [3.8, 4) is 5.75 Å². The van der Waals surface area contributed by atoms with Crippen LogP contribution >= 0.6 is 0 Å². The summed E-state index contributed by atoms with van der Waals surface area (Å²) in [6, 6.07) is 7.42. The Morgan fingerprint density at radius 2 is 1.96 bits per heavy atom. The average Bonchev–Trinajstić information content (AvgIpc) is 2.85. The highest BCUT2D eigenvalue weighted by Gasteiger charge is 2.34. The quantitative estimate of drug-likeness (QED) is 0.756. The lowest BCUT2D eigenvalue weighted by Crippen LogP contribution is -2.41. The van der Waals surface area contributed by atoms with Crippen LogP contribution < -0.4 is 4.74 Å². The van der Waals surface area contributed by atoms with Gasteiger partial charge in [-0.05, 0) is 37.0 Å². The number of rotatable bonds is 7. The smallest absolute Gasteiger partial charge is 0.223 e. The van der Waals surface area contributed by atoms with Crippen LogP contribution in [0.4, 0.5) is 0 Å². The van der Waals surface area contributed by atoms with Crippen LogP contribution in [0.5, 0.6) is 5.75 Å². The van der Waals surface area contributed by atoms with E-state index >= 15 is 0 Å². The second-order valence-corrected chi connectivity index (χ2v) is 8.98. The Morgan fingerprint density at radius 1 is 1.29 bits per heavy atom. The molecule has 1 heterocycles. The minimum atomic E-state index is -3.02. The predicted molar refractivity (Wildman–Crippen MR) is 94.7 cm³/mol. The van der Waals surface area contributed by atoms with Crippen molar-refractivity contribution >= 4 is 15.7 Å². The van der Waals surface area contributed by atoms with E-state index in [2.05, 4.69) is 0 Å². The summed E-state index contributed by atoms with van der Waals surface area (Å²) in [4.78, 5) is 14.4. The first-order valence-electron chi connectivity index (χ1n) is 8.52. The van der Waals surface area contributed by atoms with Gasteiger partial charge in [-0.15, -0.1) is 0 Å². The number of sulfone groups is 1. The molecule has 1 aromatic carbocycles. The fourth-order valence-corrected chi connectivity index (χ4v) is 4.69. The van der Waals surface area contributed by atoms with Crippen molar-refractivity contribution in [3.63, 3.8) is 0 Å². The minimum Gasteiger partial charge on any atom is -0.494 e. The molecule has 24 heavy (non-hydrogen) atoms. The molecule has 0 bridgehead atoms. The van der Waals surface area contributed by atoms with E-state index in [1.165, 1.54) is 0 Å². The van der Waals surface area contributed by atoms with E-state index in [9.17, 15) is 13.2 Å². The van der Waals surface area contributed by atoms with Gasteiger partial charge in [-0.3, -0.25) is 4.79 Å². The molecule has 0 aromatic heterocycles. The number of ether oxygens (including phenoxy) is 1. The molecule has 1 aliphatic rings. The summed E-state index contributed by atoms with van der Waals surface area (Å²) in [5.74, 6) is 1.32. The SMILES string of the molecule is CCOc1ccc(CN(C(=O)CC(C)C)[C@@H]2CCS(=O)(=O)C2)cc1. The first-order valence-corrected chi connectivity index (χ1v) is 10.3. The van der Waals surface area contributed by atoms with Crippen molar-refractivity contribution in [1.82, 2.24) is 4.90 Å². The third kappa shape index (κ3) is 5.23. The van der Waals surface area contributed by atoms with E-state index in [0.717, 1.165) is 11.3 Å². The number of nitrogens with zero attached hydrogens (tertiary/aromatic N) is 1. The Balaban J connectivity index is 2.14. The highest BCUT2D eigenvalue weighted by atomic mass is 32.2. The second kappa shape index (κ2) is 8.01. The van der Waals surface area contributed by atoms with E-state index in [1.54, 1.807) is 4.90 Å². The van der Waals surface area contributed by atoms with E-state index < -0.39 is 9.84 Å². The maximum absolute atomic E-state index is 12.6. The zero-order valence-corrected chi connectivity index (χ0v) is 15.5. The van der Waals surface area contributed by atoms with Crippen molar-refractivity contribution in [3.05, 3.63) is 29.8 Å². The summed E-state index contributed by atoms with van der Waals surface area (Å²) in [5, 5.41) is 0. The lowest BCUT2D eigenvalue weighted by molar-refractivity contribution is -0.134. The first-order chi connectivity index (χ1) is 11.3. The largest absolute Gasteiger partial charge is 0.494 e. The normalized spacial score (nSPS) is 19.4. The lowest BCUT2D eigenvalue weighted by atomic mass is 10.1. The predicted octanol–water partition coefficient (Wildman–Crippen LogP) is 2.65. The number of hydrogen-bond acceptors (Lipinski definition) is 4. The van der Waals surface area contributed by atoms with Gasteiger partial charge in [0.2, 0.25) is 5.91 Å². The van der Waals surface area contributed by atoms with Crippen LogP contribution in [0.2, 0.25) is 0 Å². The summed E-state index contributed by atoms with van der Waals surface area (Å²) in [7, 11) is -3.02. The van der Waals surface area contributed by atoms with Crippen molar-refractivity contribution in [2.45, 2.75) is 46.2 Å². The molecule has 1 amide bonds. The van der Waals surface area contributed by atoms with Crippen molar-refractivity contribution in [1.29, 1.82) is 0 Å². The molecule has 134 valence electrons. The monoisotopic (exact) mass is 353 g/mol. The highest BCUT2D eigenvalue weighted by molar-refractivity contribution is 7.91. The van der Waals surface area contributed by atoms with Gasteiger partial charge in [-0.1, -0.05) is 26.0 Å². The highest BCUT2D eigenvalue weighted by Crippen LogP contribution is 2.23. The van der Waals surface area contributed by atoms with Crippen molar-refractivity contribution in [2.24, 2.45) is 5.92 Å². The van der Waals surface area contributed by atoms with Crippen LogP contribution in [0.25, 0.3) is 0 Å². The molecular formula is C18H27NO4S. The summed E-state index contributed by atoms with van der Waals surface area (Å²) in [6.45, 7) is 6.98. The van der Waals surface area contributed by atoms with Crippen LogP contribution in [0.3, 0.4) is 0 Å². The Hall–Kier alpha value is -1.56. The Labute approximate surface area is 144 Å². The van der Waals surface area contributed by atoms with Gasteiger partial charge in [0.05, 0.1) is 18.1 Å². The number of benzene rings is 1. The standard InChI is InChI=1S/C18H27NO4S/c1-4-23-17-7-5-15(6-8-17)12-19(18(20)11-14(2)3)16-9-10-24(21,22)13-16/h5-8,14,16H,4,9-13H2,1-3H3/t16-/m1/s1. The summed E-state index contributed by atoms with van der Waals surface area (Å²) in [5.41, 5.74) is 0.986. The van der Waals surface area contributed by atoms with E-state index in [0.29, 0.717) is 26.0 Å². The molecule has 0 unspecified atom stereocenters. The van der Waals surface area contributed by atoms with Gasteiger partial charge >= 0.3 is 0 Å². The van der Waals surface area contributed by atoms with Crippen molar-refractivity contribution < 1.29 is 17.9 Å². The number of amides is 1. The average molecular weight is 353 g/mol. The Bertz CT molecular complexity index is 652. The number of carbonyl (C=O) groups is 1. The van der Waals surface area contributed by atoms with Crippen molar-refractivity contribution in [2.75, 3.05) is 18.1 Å². The summed E-state index contributed by atoms with van der Waals surface area (Å²) in [6.07, 6.45) is 0.969. The molecule has 1 aliphatic heterocycles. The second-order valence-electron chi connectivity index (χ2n) is 6.75. The molecule has 6 heteroatoms. The summed E-state index contributed by atoms with van der Waals surface area (Å²) >= 11 is 0. The molecule has 1 saturated heterocycles. The molecule has 2 rings (SSSR count). The third-order valence-electron chi connectivity index (χ3n) is 4.14. The van der Waals surface area contributed by atoms with E-state index in [1.807, 2.05) is 45.0 Å². The van der Waals surface area contributed by atoms with Crippen LogP contribution in [0, 0.1) is 5.92 Å². The Kier molecular flexibility index (Phi) is 6.27. The maximum atomic E-state index is 12.6. The first kappa shape index (κ1) is 18.8. The molecule has 5 nitrogen and oxygen atoms in total. The number of carbonyl (C=O) groups excluding carboxylic acids is 1. The molecule has 0 aliphatic carbocycles. The molecule has 0 N–H and O–H groups in total. The van der Waals surface area contributed by atoms with Crippen LogP contribution in [0.15, 0.2) is 24.3 Å². The number of hydrogen-bond donors (Lipinski definition) is 0. The molecule has 1 atom stereocenters. The van der Waals surface area contributed by atoms with Gasteiger partial charge in [0, 0.05) is 19.0 Å². The van der Waals surface area contributed by atoms with Crippen LogP contribution in [-0.4, -0.2) is 43.4 Å². The fourth-order valence-electron chi connectivity index (χ4n) is 2.96. The lowest BCUT2D eigenvalue weighted by Gasteiger charge is -2.29. The topological polar surface area (TPSA) is 63.7 Å². The fraction of sp³-hybridized carbons (Fsp3) is 0.611. The molecule has 1 fully saturated rings. The van der Waals surface area contributed by atoms with Gasteiger partial charge in [0.15, 0.2) is 9.84 Å². The molecule has 0 spiro atoms. The third-order valence-corrected chi connectivity index (χ3v) is 5.89. The van der Waals surface area contributed by atoms with Gasteiger partial charge < -0.3 is 9.64 Å². The van der Waals surface area contributed by atoms with Gasteiger partial charge in [-0.2, -0.15) is 0 Å². The molecule has 1 aromatic rings. The Morgan fingerprint density at radius 3 is 2.46 bits per heavy atom. The van der Waals surface area contributed by atoms with Gasteiger partial charge in [0.1, 0.15) is 5.75 Å². The van der Waals surface area contributed by atoms with Crippen LogP contribution in [-0.2, 0) is 21.2 Å². The van der Waals surface area contributed by atoms with E-state index in [-0.39, 0.29) is 29.4 Å². The minimum absolute atomic E-state index is 0.0287. The van der Waals surface area contributed by atoms with Gasteiger partial charge in [-0.25, -0.2) is 8.42 Å². The summed E-state index contributed by atoms with van der Waals surface area (Å²) < 4.78 is 29.0. The van der Waals surface area contributed by atoms with Gasteiger partial charge in [0.25, 0.3) is 0 Å². The zero-order valence-electron chi connectivity index (χ0n) is 14.7. The van der Waals surface area contributed by atoms with E-state index in [4.69, 9.17) is 4.74 Å². The van der Waals surface area contributed by atoms with Crippen LogP contribution in [0.1, 0.15) is 39.2 Å².